The molecule has 0 aliphatic rings. The molecule has 0 saturated heterocycles. The molecule has 0 aliphatic carbocycles. The molecule has 0 amide bonds. The van der Waals surface area contributed by atoms with E-state index < -0.39 is 0 Å². The molecule has 1 aromatic rings. The van der Waals surface area contributed by atoms with Gasteiger partial charge in [-0.2, -0.15) is 0 Å². The minimum absolute atomic E-state index is 0.0425. The summed E-state index contributed by atoms with van der Waals surface area (Å²) in [7, 11) is 0. The maximum atomic E-state index is 11.3. The summed E-state index contributed by atoms with van der Waals surface area (Å²) in [4.78, 5) is 15.7. The maximum absolute atomic E-state index is 11.3. The molecule has 1 unspecified atom stereocenters. The first-order valence-corrected chi connectivity index (χ1v) is 6.80. The van der Waals surface area contributed by atoms with E-state index in [1.165, 1.54) is 11.3 Å². The molecule has 0 aliphatic heterocycles. The highest BCUT2D eigenvalue weighted by molar-refractivity contribution is 7.09. The number of carbonyl (C=O) groups is 1. The van der Waals surface area contributed by atoms with Gasteiger partial charge in [-0.25, -0.2) is 4.98 Å². The largest absolute Gasteiger partial charge is 0.466 e. The van der Waals surface area contributed by atoms with Crippen molar-refractivity contribution in [2.24, 2.45) is 0 Å². The lowest BCUT2D eigenvalue weighted by Gasteiger charge is -2.11. The molecule has 0 spiro atoms. The average molecular weight is 257 g/mol. The van der Waals surface area contributed by atoms with Crippen LogP contribution in [-0.4, -0.2) is 24.2 Å². The van der Waals surface area contributed by atoms with Crippen molar-refractivity contribution in [3.05, 3.63) is 16.1 Å². The highest BCUT2D eigenvalue weighted by Crippen LogP contribution is 2.24. The van der Waals surface area contributed by atoms with E-state index in [1.807, 2.05) is 12.3 Å². The van der Waals surface area contributed by atoms with Crippen molar-refractivity contribution in [2.45, 2.75) is 39.7 Å². The fourth-order valence-electron chi connectivity index (χ4n) is 1.48. The number of nitrogens with zero attached hydrogens (tertiary/aromatic N) is 1. The maximum Gasteiger partial charge on any atom is 0.311 e. The third-order valence-corrected chi connectivity index (χ3v) is 3.20. The molecule has 5 heteroatoms. The Hall–Kier alpha value is -0.940. The van der Waals surface area contributed by atoms with Crippen LogP contribution in [0.4, 0.5) is 0 Å². The Kier molecular flexibility index (Phi) is 6.15. The number of rotatable bonds is 7. The van der Waals surface area contributed by atoms with E-state index in [4.69, 9.17) is 9.47 Å². The van der Waals surface area contributed by atoms with Crippen molar-refractivity contribution in [2.75, 3.05) is 13.2 Å². The second-order valence-corrected chi connectivity index (χ2v) is 4.40. The normalized spacial score (nSPS) is 12.4. The fraction of sp³-hybridized carbons (Fsp3) is 0.667. The molecule has 0 N–H and O–H groups in total. The van der Waals surface area contributed by atoms with E-state index in [0.717, 1.165) is 17.1 Å². The summed E-state index contributed by atoms with van der Waals surface area (Å²) in [5, 5.41) is 2.84. The van der Waals surface area contributed by atoms with Gasteiger partial charge in [0.2, 0.25) is 0 Å². The van der Waals surface area contributed by atoms with Gasteiger partial charge in [-0.1, -0.05) is 6.92 Å². The highest BCUT2D eigenvalue weighted by Gasteiger charge is 2.15. The third-order valence-electron chi connectivity index (χ3n) is 2.21. The molecule has 1 atom stereocenters. The molecule has 4 nitrogen and oxygen atoms in total. The van der Waals surface area contributed by atoms with Gasteiger partial charge >= 0.3 is 5.97 Å². The van der Waals surface area contributed by atoms with Crippen molar-refractivity contribution in [1.29, 1.82) is 0 Å². The Morgan fingerprint density at radius 3 is 2.76 bits per heavy atom. The highest BCUT2D eigenvalue weighted by atomic mass is 32.1. The SMILES string of the molecule is CCOC(=O)Cc1csc(C(CC)OCC)n1. The average Bonchev–Trinajstić information content (AvgIpc) is 2.74. The first-order chi connectivity index (χ1) is 8.21. The van der Waals surface area contributed by atoms with Crippen molar-refractivity contribution in [3.63, 3.8) is 0 Å². The summed E-state index contributed by atoms with van der Waals surface area (Å²) in [5.41, 5.74) is 0.765. The first kappa shape index (κ1) is 14.1. The lowest BCUT2D eigenvalue weighted by atomic mass is 10.3. The number of esters is 1. The number of hydrogen-bond donors (Lipinski definition) is 0. The zero-order valence-corrected chi connectivity index (χ0v) is 11.4. The molecule has 17 heavy (non-hydrogen) atoms. The molecule has 1 aromatic heterocycles. The van der Waals surface area contributed by atoms with Crippen LogP contribution < -0.4 is 0 Å². The van der Waals surface area contributed by atoms with Gasteiger partial charge in [0.25, 0.3) is 0 Å². The molecule has 0 aromatic carbocycles. The van der Waals surface area contributed by atoms with Gasteiger partial charge in [0.1, 0.15) is 11.1 Å². The van der Waals surface area contributed by atoms with Crippen LogP contribution in [0.2, 0.25) is 0 Å². The van der Waals surface area contributed by atoms with Crippen LogP contribution in [0.5, 0.6) is 0 Å². The summed E-state index contributed by atoms with van der Waals surface area (Å²) in [6.45, 7) is 6.91. The Morgan fingerprint density at radius 1 is 1.41 bits per heavy atom. The predicted molar refractivity (Wildman–Crippen MR) is 67.1 cm³/mol. The smallest absolute Gasteiger partial charge is 0.311 e. The van der Waals surface area contributed by atoms with Crippen molar-refractivity contribution in [1.82, 2.24) is 4.98 Å². The molecule has 1 rings (SSSR count). The van der Waals surface area contributed by atoms with Crippen molar-refractivity contribution >= 4 is 17.3 Å². The molecule has 0 fully saturated rings. The summed E-state index contributed by atoms with van der Waals surface area (Å²) in [5.74, 6) is -0.228. The third kappa shape index (κ3) is 4.44. The van der Waals surface area contributed by atoms with E-state index in [1.54, 1.807) is 6.92 Å². The molecule has 0 bridgehead atoms. The summed E-state index contributed by atoms with van der Waals surface area (Å²) < 4.78 is 10.5. The minimum Gasteiger partial charge on any atom is -0.466 e. The molecular weight excluding hydrogens is 238 g/mol. The van der Waals surface area contributed by atoms with Gasteiger partial charge in [-0.15, -0.1) is 11.3 Å². The van der Waals surface area contributed by atoms with Crippen molar-refractivity contribution in [3.8, 4) is 0 Å². The van der Waals surface area contributed by atoms with E-state index in [9.17, 15) is 4.79 Å². The summed E-state index contributed by atoms with van der Waals surface area (Å²) in [6.07, 6.45) is 1.17. The van der Waals surface area contributed by atoms with Gasteiger partial charge in [0.05, 0.1) is 18.7 Å². The van der Waals surface area contributed by atoms with Gasteiger partial charge in [-0.05, 0) is 20.3 Å². The Balaban J connectivity index is 2.60. The van der Waals surface area contributed by atoms with Crippen LogP contribution >= 0.6 is 11.3 Å². The second kappa shape index (κ2) is 7.40. The number of hydrogen-bond acceptors (Lipinski definition) is 5. The Morgan fingerprint density at radius 2 is 2.18 bits per heavy atom. The molecule has 0 radical (unpaired) electrons. The van der Waals surface area contributed by atoms with Gasteiger partial charge in [-0.3, -0.25) is 4.79 Å². The van der Waals surface area contributed by atoms with E-state index in [-0.39, 0.29) is 18.5 Å². The van der Waals surface area contributed by atoms with E-state index in [2.05, 4.69) is 11.9 Å². The quantitative estimate of drug-likeness (QED) is 0.705. The number of aromatic nitrogens is 1. The van der Waals surface area contributed by atoms with Crippen LogP contribution in [0.1, 0.15) is 44.0 Å². The molecule has 0 saturated carbocycles. The van der Waals surface area contributed by atoms with Crippen LogP contribution in [0.3, 0.4) is 0 Å². The van der Waals surface area contributed by atoms with Crippen molar-refractivity contribution < 1.29 is 14.3 Å². The van der Waals surface area contributed by atoms with Gasteiger partial charge in [0.15, 0.2) is 0 Å². The first-order valence-electron chi connectivity index (χ1n) is 5.92. The van der Waals surface area contributed by atoms with Crippen LogP contribution in [0.15, 0.2) is 5.38 Å². The van der Waals surface area contributed by atoms with Crippen LogP contribution in [0.25, 0.3) is 0 Å². The zero-order valence-electron chi connectivity index (χ0n) is 10.6. The molecule has 1 heterocycles. The standard InChI is InChI=1S/C12H19NO3S/c1-4-10(15-5-2)12-13-9(8-17-12)7-11(14)16-6-3/h8,10H,4-7H2,1-3H3. The lowest BCUT2D eigenvalue weighted by molar-refractivity contribution is -0.142. The van der Waals surface area contributed by atoms with Crippen LogP contribution in [-0.2, 0) is 20.7 Å². The lowest BCUT2D eigenvalue weighted by Crippen LogP contribution is -2.08. The summed E-state index contributed by atoms with van der Waals surface area (Å²) >= 11 is 1.54. The zero-order chi connectivity index (χ0) is 12.7. The number of ether oxygens (including phenoxy) is 2. The minimum atomic E-state index is -0.228. The Labute approximate surface area is 106 Å². The number of thiazole rings is 1. The topological polar surface area (TPSA) is 48.4 Å². The monoisotopic (exact) mass is 257 g/mol. The van der Waals surface area contributed by atoms with E-state index in [0.29, 0.717) is 13.2 Å². The molecular formula is C12H19NO3S. The fourth-order valence-corrected chi connectivity index (χ4v) is 2.43. The van der Waals surface area contributed by atoms with Crippen LogP contribution in [0, 0.1) is 0 Å². The Bertz CT molecular complexity index is 351. The summed E-state index contributed by atoms with van der Waals surface area (Å²) in [6, 6.07) is 0. The number of carbonyl (C=O) groups excluding carboxylic acids is 1. The molecule has 96 valence electrons. The van der Waals surface area contributed by atoms with E-state index >= 15 is 0 Å². The van der Waals surface area contributed by atoms with Gasteiger partial charge < -0.3 is 9.47 Å². The van der Waals surface area contributed by atoms with Gasteiger partial charge in [0, 0.05) is 12.0 Å². The second-order valence-electron chi connectivity index (χ2n) is 3.51. The predicted octanol–water partition coefficient (Wildman–Crippen LogP) is 2.74.